The van der Waals surface area contributed by atoms with Crippen LogP contribution in [0.15, 0.2) is 5.16 Å². The minimum atomic E-state index is -0.283. The van der Waals surface area contributed by atoms with Gasteiger partial charge in [-0.2, -0.15) is 0 Å². The molecule has 0 fully saturated rings. The first kappa shape index (κ1) is 16.2. The molecule has 0 atom stereocenters. The third-order valence-corrected chi connectivity index (χ3v) is 3.14. The number of methoxy groups -OCH3 is 1. The van der Waals surface area contributed by atoms with Crippen LogP contribution in [0.25, 0.3) is 0 Å². The molecule has 17 heavy (non-hydrogen) atoms. The Bertz CT molecular complexity index is 240. The number of ether oxygens (including phenoxy) is 1. The molecular weight excluding hydrogens is 218 g/mol. The van der Waals surface area contributed by atoms with Gasteiger partial charge in [0.15, 0.2) is 0 Å². The maximum Gasteiger partial charge on any atom is 0.144 e. The summed E-state index contributed by atoms with van der Waals surface area (Å²) in [5.74, 6) is 0.285. The first-order valence-corrected chi connectivity index (χ1v) is 6.06. The Hall–Kier alpha value is -0.810. The van der Waals surface area contributed by atoms with Gasteiger partial charge in [0, 0.05) is 25.1 Å². The van der Waals surface area contributed by atoms with E-state index in [2.05, 4.69) is 23.9 Å². The van der Waals surface area contributed by atoms with Crippen molar-refractivity contribution in [2.45, 2.75) is 40.2 Å². The van der Waals surface area contributed by atoms with Gasteiger partial charge in [-0.1, -0.05) is 19.0 Å². The molecule has 0 heterocycles. The fourth-order valence-electron chi connectivity index (χ4n) is 1.52. The van der Waals surface area contributed by atoms with Crippen LogP contribution < -0.4 is 5.73 Å². The highest BCUT2D eigenvalue weighted by Gasteiger charge is 2.24. The molecule has 0 radical (unpaired) electrons. The third kappa shape index (κ3) is 5.89. The van der Waals surface area contributed by atoms with E-state index in [-0.39, 0.29) is 11.3 Å². The molecule has 0 bridgehead atoms. The molecule has 0 spiro atoms. The minimum Gasteiger partial charge on any atom is -0.409 e. The van der Waals surface area contributed by atoms with Gasteiger partial charge in [-0.3, -0.25) is 4.90 Å². The summed E-state index contributed by atoms with van der Waals surface area (Å²) in [5.41, 5.74) is 5.39. The highest BCUT2D eigenvalue weighted by molar-refractivity contribution is 5.85. The highest BCUT2D eigenvalue weighted by atomic mass is 16.5. The molecule has 0 saturated carbocycles. The second-order valence-electron chi connectivity index (χ2n) is 5.24. The van der Waals surface area contributed by atoms with Crippen molar-refractivity contribution in [1.82, 2.24) is 4.90 Å². The number of hydrogen-bond donors (Lipinski definition) is 2. The molecule has 0 aliphatic heterocycles. The lowest BCUT2D eigenvalue weighted by atomic mass is 9.87. The van der Waals surface area contributed by atoms with Crippen LogP contribution >= 0.6 is 0 Å². The lowest BCUT2D eigenvalue weighted by Crippen LogP contribution is -2.40. The third-order valence-electron chi connectivity index (χ3n) is 3.14. The Labute approximate surface area is 105 Å². The van der Waals surface area contributed by atoms with Crippen molar-refractivity contribution < 1.29 is 9.94 Å². The van der Waals surface area contributed by atoms with E-state index in [1.54, 1.807) is 7.11 Å². The highest BCUT2D eigenvalue weighted by Crippen LogP contribution is 2.21. The maximum absolute atomic E-state index is 8.72. The molecule has 0 rings (SSSR count). The molecule has 0 amide bonds. The van der Waals surface area contributed by atoms with E-state index in [9.17, 15) is 0 Å². The summed E-state index contributed by atoms with van der Waals surface area (Å²) in [6.45, 7) is 10.8. The quantitative estimate of drug-likeness (QED) is 0.294. The number of nitrogens with two attached hydrogens (primary N) is 1. The first-order valence-electron chi connectivity index (χ1n) is 6.06. The topological polar surface area (TPSA) is 71.1 Å². The summed E-state index contributed by atoms with van der Waals surface area (Å²) in [4.78, 5) is 2.33. The molecule has 0 saturated heterocycles. The van der Waals surface area contributed by atoms with Crippen molar-refractivity contribution in [3.8, 4) is 0 Å². The summed E-state index contributed by atoms with van der Waals surface area (Å²) < 4.78 is 5.09. The lowest BCUT2D eigenvalue weighted by Gasteiger charge is -2.30. The van der Waals surface area contributed by atoms with Crippen LogP contribution in [0.4, 0.5) is 0 Å². The Morgan fingerprint density at radius 1 is 1.41 bits per heavy atom. The van der Waals surface area contributed by atoms with Gasteiger partial charge in [-0.15, -0.1) is 0 Å². The van der Waals surface area contributed by atoms with Gasteiger partial charge >= 0.3 is 0 Å². The summed E-state index contributed by atoms with van der Waals surface area (Å²) in [6, 6.07) is 0.466. The molecule has 0 aromatic rings. The molecule has 0 aromatic heterocycles. The van der Waals surface area contributed by atoms with Gasteiger partial charge < -0.3 is 15.7 Å². The largest absolute Gasteiger partial charge is 0.409 e. The predicted molar refractivity (Wildman–Crippen MR) is 70.4 cm³/mol. The van der Waals surface area contributed by atoms with E-state index in [1.807, 2.05) is 13.8 Å². The van der Waals surface area contributed by atoms with Crippen molar-refractivity contribution in [3.05, 3.63) is 0 Å². The molecule has 0 aliphatic rings. The Morgan fingerprint density at radius 2 is 2.00 bits per heavy atom. The van der Waals surface area contributed by atoms with Crippen molar-refractivity contribution in [2.75, 3.05) is 26.8 Å². The van der Waals surface area contributed by atoms with E-state index in [1.165, 1.54) is 0 Å². The van der Waals surface area contributed by atoms with Gasteiger partial charge in [0.1, 0.15) is 5.84 Å². The van der Waals surface area contributed by atoms with Crippen LogP contribution in [-0.4, -0.2) is 48.8 Å². The fourth-order valence-corrected chi connectivity index (χ4v) is 1.52. The van der Waals surface area contributed by atoms with E-state index < -0.39 is 0 Å². The molecule has 0 unspecified atom stereocenters. The second kappa shape index (κ2) is 7.50. The van der Waals surface area contributed by atoms with Gasteiger partial charge in [-0.25, -0.2) is 0 Å². The van der Waals surface area contributed by atoms with Crippen LogP contribution in [0.2, 0.25) is 0 Å². The maximum atomic E-state index is 8.72. The van der Waals surface area contributed by atoms with Gasteiger partial charge in [-0.05, 0) is 26.8 Å². The molecule has 5 heteroatoms. The van der Waals surface area contributed by atoms with Crippen molar-refractivity contribution in [2.24, 2.45) is 16.3 Å². The van der Waals surface area contributed by atoms with E-state index >= 15 is 0 Å². The number of hydrogen-bond acceptors (Lipinski definition) is 4. The van der Waals surface area contributed by atoms with Crippen molar-refractivity contribution >= 4 is 5.84 Å². The summed E-state index contributed by atoms with van der Waals surface area (Å²) >= 11 is 0. The van der Waals surface area contributed by atoms with Crippen LogP contribution in [0, 0.1) is 5.41 Å². The van der Waals surface area contributed by atoms with Crippen molar-refractivity contribution in [3.63, 3.8) is 0 Å². The van der Waals surface area contributed by atoms with Crippen LogP contribution in [-0.2, 0) is 4.74 Å². The van der Waals surface area contributed by atoms with Crippen LogP contribution in [0.1, 0.15) is 34.1 Å². The normalized spacial score (nSPS) is 13.7. The zero-order valence-corrected chi connectivity index (χ0v) is 11.7. The Balaban J connectivity index is 4.29. The lowest BCUT2D eigenvalue weighted by molar-refractivity contribution is 0.123. The molecular formula is C12H27N3O2. The van der Waals surface area contributed by atoms with Gasteiger partial charge in [0.25, 0.3) is 0 Å². The Morgan fingerprint density at radius 3 is 2.41 bits per heavy atom. The fraction of sp³-hybridized carbons (Fsp3) is 0.917. The molecule has 3 N–H and O–H groups in total. The number of amidine groups is 1. The van der Waals surface area contributed by atoms with Gasteiger partial charge in [0.2, 0.25) is 0 Å². The van der Waals surface area contributed by atoms with Crippen LogP contribution in [0.5, 0.6) is 0 Å². The standard InChI is InChI=1S/C12H27N3O2/c1-10(2)15(8-9-17-5)7-6-12(3,4)11(13)14-16/h10,16H,6-9H2,1-5H3,(H2,13,14). The van der Waals surface area contributed by atoms with Gasteiger partial charge in [0.05, 0.1) is 6.61 Å². The zero-order chi connectivity index (χ0) is 13.5. The van der Waals surface area contributed by atoms with E-state index in [0.717, 1.165) is 26.1 Å². The molecule has 0 aromatic carbocycles. The average Bonchev–Trinajstić information content (AvgIpc) is 2.27. The average molecular weight is 245 g/mol. The Kier molecular flexibility index (Phi) is 7.15. The molecule has 102 valence electrons. The second-order valence-corrected chi connectivity index (χ2v) is 5.24. The SMILES string of the molecule is COCCN(CCC(C)(C)C(N)=NO)C(C)C. The zero-order valence-electron chi connectivity index (χ0n) is 11.7. The number of rotatable bonds is 8. The predicted octanol–water partition coefficient (Wildman–Crippen LogP) is 1.51. The number of nitrogens with zero attached hydrogens (tertiary/aromatic N) is 2. The number of oxime groups is 1. The van der Waals surface area contributed by atoms with Crippen molar-refractivity contribution in [1.29, 1.82) is 0 Å². The first-order chi connectivity index (χ1) is 7.85. The summed E-state index contributed by atoms with van der Waals surface area (Å²) in [6.07, 6.45) is 0.852. The molecule has 5 nitrogen and oxygen atoms in total. The van der Waals surface area contributed by atoms with E-state index in [4.69, 9.17) is 15.7 Å². The van der Waals surface area contributed by atoms with Crippen LogP contribution in [0.3, 0.4) is 0 Å². The molecule has 0 aliphatic carbocycles. The summed E-state index contributed by atoms with van der Waals surface area (Å²) in [5, 5.41) is 11.8. The monoisotopic (exact) mass is 245 g/mol. The van der Waals surface area contributed by atoms with E-state index in [0.29, 0.717) is 6.04 Å². The smallest absolute Gasteiger partial charge is 0.144 e. The summed E-state index contributed by atoms with van der Waals surface area (Å²) in [7, 11) is 1.71. The minimum absolute atomic E-state index is 0.283.